The maximum absolute atomic E-state index is 14.5. The molecule has 210 valence electrons. The molecule has 2 heterocycles. The summed E-state index contributed by atoms with van der Waals surface area (Å²) in [6.07, 6.45) is 0. The first kappa shape index (κ1) is 28.1. The summed E-state index contributed by atoms with van der Waals surface area (Å²) in [6, 6.07) is 24.1. The Balaban J connectivity index is 1.38. The van der Waals surface area contributed by atoms with Crippen LogP contribution in [0.4, 0.5) is 9.52 Å². The lowest BCUT2D eigenvalue weighted by molar-refractivity contribution is -0.132. The number of benzene rings is 4. The predicted molar refractivity (Wildman–Crippen MR) is 165 cm³/mol. The third kappa shape index (κ3) is 5.19. The highest BCUT2D eigenvalue weighted by Gasteiger charge is 2.48. The normalized spacial score (nSPS) is 16.4. The number of fused-ring (bicyclic) bond motifs is 1. The van der Waals surface area contributed by atoms with Gasteiger partial charge in [0.2, 0.25) is 5.13 Å². The molecule has 1 aromatic heterocycles. The number of Topliss-reactive ketones (excluding diaryl/α,β-unsaturated/α-hetero) is 1. The standard InChI is InChI=1S/C31H21BrFN3O4S2/c1-40-24-13-12-19(15-23(24)33)27(37)25-26(18-8-5-10-21(32)14-18)36(29(39)28(25)38)30-34-35-31(42-30)41-16-20-9-4-7-17-6-2-3-11-22(17)20/h2-15,26,37H,16H2,1H3/t26-/m0/s1. The van der Waals surface area contributed by atoms with E-state index in [1.165, 1.54) is 47.2 Å². The van der Waals surface area contributed by atoms with Crippen molar-refractivity contribution in [2.45, 2.75) is 16.1 Å². The lowest BCUT2D eigenvalue weighted by Gasteiger charge is -2.22. The van der Waals surface area contributed by atoms with Crippen molar-refractivity contribution in [3.05, 3.63) is 117 Å². The third-order valence-corrected chi connectivity index (χ3v) is 9.46. The van der Waals surface area contributed by atoms with Crippen LogP contribution in [0.15, 0.2) is 99.3 Å². The zero-order valence-corrected chi connectivity index (χ0v) is 25.2. The van der Waals surface area contributed by atoms with E-state index in [4.69, 9.17) is 4.74 Å². The Hall–Kier alpha value is -4.06. The molecule has 0 bridgehead atoms. The van der Waals surface area contributed by atoms with Crippen LogP contribution < -0.4 is 9.64 Å². The zero-order chi connectivity index (χ0) is 29.4. The predicted octanol–water partition coefficient (Wildman–Crippen LogP) is 7.52. The van der Waals surface area contributed by atoms with Gasteiger partial charge in [-0.25, -0.2) is 4.39 Å². The monoisotopic (exact) mass is 661 g/mol. The Bertz CT molecular complexity index is 1890. The van der Waals surface area contributed by atoms with Gasteiger partial charge in [-0.2, -0.15) is 0 Å². The Labute approximate surface area is 256 Å². The fraction of sp³-hybridized carbons (Fsp3) is 0.0968. The molecule has 0 spiro atoms. The molecule has 0 radical (unpaired) electrons. The number of hydrogen-bond donors (Lipinski definition) is 1. The first-order valence-electron chi connectivity index (χ1n) is 12.7. The molecular weight excluding hydrogens is 641 g/mol. The van der Waals surface area contributed by atoms with Gasteiger partial charge in [-0.3, -0.25) is 14.5 Å². The molecular formula is C31H21BrFN3O4S2. The van der Waals surface area contributed by atoms with E-state index < -0.39 is 29.3 Å². The van der Waals surface area contributed by atoms with E-state index in [0.717, 1.165) is 22.4 Å². The van der Waals surface area contributed by atoms with E-state index in [0.29, 0.717) is 20.1 Å². The number of ether oxygens (including phenoxy) is 1. The van der Waals surface area contributed by atoms with Gasteiger partial charge in [0.05, 0.1) is 18.7 Å². The molecule has 6 rings (SSSR count). The molecule has 1 atom stereocenters. The van der Waals surface area contributed by atoms with Gasteiger partial charge in [-0.1, -0.05) is 93.6 Å². The van der Waals surface area contributed by atoms with Crippen molar-refractivity contribution in [2.75, 3.05) is 12.0 Å². The van der Waals surface area contributed by atoms with E-state index in [2.05, 4.69) is 50.4 Å². The number of amides is 1. The number of ketones is 1. The van der Waals surface area contributed by atoms with Gasteiger partial charge in [0, 0.05) is 15.8 Å². The maximum Gasteiger partial charge on any atom is 0.301 e. The second-order valence-corrected chi connectivity index (χ2v) is 12.4. The fourth-order valence-corrected chi connectivity index (χ4v) is 7.20. The summed E-state index contributed by atoms with van der Waals surface area (Å²) >= 11 is 6.11. The van der Waals surface area contributed by atoms with Gasteiger partial charge in [0.15, 0.2) is 15.9 Å². The van der Waals surface area contributed by atoms with Crippen LogP contribution in [-0.2, 0) is 15.3 Å². The van der Waals surface area contributed by atoms with Gasteiger partial charge in [0.1, 0.15) is 5.76 Å². The van der Waals surface area contributed by atoms with Crippen LogP contribution in [0.3, 0.4) is 0 Å². The Morgan fingerprint density at radius 1 is 1.05 bits per heavy atom. The summed E-state index contributed by atoms with van der Waals surface area (Å²) in [5, 5.41) is 22.3. The average molecular weight is 663 g/mol. The number of nitrogens with zero attached hydrogens (tertiary/aromatic N) is 3. The molecule has 42 heavy (non-hydrogen) atoms. The highest BCUT2D eigenvalue weighted by atomic mass is 79.9. The molecule has 1 amide bonds. The highest BCUT2D eigenvalue weighted by Crippen LogP contribution is 2.44. The lowest BCUT2D eigenvalue weighted by Crippen LogP contribution is -2.29. The quantitative estimate of drug-likeness (QED) is 0.0634. The van der Waals surface area contributed by atoms with Crippen molar-refractivity contribution >= 4 is 72.4 Å². The molecule has 11 heteroatoms. The van der Waals surface area contributed by atoms with Crippen LogP contribution in [0.5, 0.6) is 5.75 Å². The molecule has 1 saturated heterocycles. The summed E-state index contributed by atoms with van der Waals surface area (Å²) in [5.41, 5.74) is 1.55. The summed E-state index contributed by atoms with van der Waals surface area (Å²) in [7, 11) is 1.33. The van der Waals surface area contributed by atoms with Crippen molar-refractivity contribution in [1.29, 1.82) is 0 Å². The summed E-state index contributed by atoms with van der Waals surface area (Å²) in [5.74, 6) is -2.37. The Kier molecular flexibility index (Phi) is 7.80. The van der Waals surface area contributed by atoms with Gasteiger partial charge in [0.25, 0.3) is 5.78 Å². The minimum Gasteiger partial charge on any atom is -0.507 e. The number of methoxy groups -OCH3 is 1. The number of aromatic nitrogens is 2. The SMILES string of the molecule is COc1ccc(C(O)=C2C(=O)C(=O)N(c3nnc(SCc4cccc5ccccc45)s3)[C@H]2c2cccc(Br)c2)cc1F. The molecule has 1 aliphatic rings. The molecule has 0 unspecified atom stereocenters. The topological polar surface area (TPSA) is 92.6 Å². The van der Waals surface area contributed by atoms with Crippen molar-refractivity contribution in [1.82, 2.24) is 10.2 Å². The first-order valence-corrected chi connectivity index (χ1v) is 15.3. The molecule has 0 aliphatic carbocycles. The molecule has 0 saturated carbocycles. The Morgan fingerprint density at radius 2 is 1.83 bits per heavy atom. The van der Waals surface area contributed by atoms with E-state index in [1.54, 1.807) is 18.2 Å². The van der Waals surface area contributed by atoms with E-state index in [1.807, 2.05) is 24.3 Å². The lowest BCUT2D eigenvalue weighted by atomic mass is 9.95. The van der Waals surface area contributed by atoms with Crippen LogP contribution in [0, 0.1) is 5.82 Å². The summed E-state index contributed by atoms with van der Waals surface area (Å²) < 4.78 is 20.8. The number of carbonyl (C=O) groups excluding carboxylic acids is 2. The van der Waals surface area contributed by atoms with Gasteiger partial charge in [-0.05, 0) is 52.2 Å². The summed E-state index contributed by atoms with van der Waals surface area (Å²) in [6.45, 7) is 0. The second-order valence-electron chi connectivity index (χ2n) is 9.35. The van der Waals surface area contributed by atoms with Crippen molar-refractivity contribution in [3.8, 4) is 5.75 Å². The molecule has 7 nitrogen and oxygen atoms in total. The minimum atomic E-state index is -1.02. The van der Waals surface area contributed by atoms with Crippen LogP contribution in [-0.4, -0.2) is 34.1 Å². The fourth-order valence-electron chi connectivity index (χ4n) is 4.91. The average Bonchev–Trinajstić information content (AvgIpc) is 3.57. The zero-order valence-electron chi connectivity index (χ0n) is 22.0. The number of rotatable bonds is 7. The number of hydrogen-bond acceptors (Lipinski definition) is 8. The highest BCUT2D eigenvalue weighted by molar-refractivity contribution is 9.10. The Morgan fingerprint density at radius 3 is 2.62 bits per heavy atom. The van der Waals surface area contributed by atoms with Crippen molar-refractivity contribution in [2.24, 2.45) is 0 Å². The van der Waals surface area contributed by atoms with Crippen molar-refractivity contribution < 1.29 is 23.8 Å². The molecule has 4 aromatic carbocycles. The number of halogens is 2. The molecule has 1 fully saturated rings. The van der Waals surface area contributed by atoms with Crippen molar-refractivity contribution in [3.63, 3.8) is 0 Å². The number of thioether (sulfide) groups is 1. The minimum absolute atomic E-state index is 0.0158. The smallest absolute Gasteiger partial charge is 0.301 e. The van der Waals surface area contributed by atoms with Gasteiger partial charge >= 0.3 is 5.91 Å². The van der Waals surface area contributed by atoms with Gasteiger partial charge in [-0.15, -0.1) is 10.2 Å². The largest absolute Gasteiger partial charge is 0.507 e. The van der Waals surface area contributed by atoms with Crippen LogP contribution in [0.25, 0.3) is 16.5 Å². The van der Waals surface area contributed by atoms with Crippen LogP contribution in [0.2, 0.25) is 0 Å². The number of carbonyl (C=O) groups is 2. The first-order chi connectivity index (χ1) is 20.4. The molecule has 1 N–H and O–H groups in total. The van der Waals surface area contributed by atoms with E-state index in [-0.39, 0.29) is 22.0 Å². The van der Waals surface area contributed by atoms with E-state index in [9.17, 15) is 19.1 Å². The number of aliphatic hydroxyl groups is 1. The van der Waals surface area contributed by atoms with Crippen LogP contribution in [0.1, 0.15) is 22.7 Å². The second kappa shape index (κ2) is 11.7. The maximum atomic E-state index is 14.5. The van der Waals surface area contributed by atoms with E-state index >= 15 is 0 Å². The van der Waals surface area contributed by atoms with Crippen LogP contribution >= 0.6 is 39.0 Å². The number of anilines is 1. The third-order valence-electron chi connectivity index (χ3n) is 6.87. The number of aliphatic hydroxyl groups excluding tert-OH is 1. The molecule has 1 aliphatic heterocycles. The summed E-state index contributed by atoms with van der Waals surface area (Å²) in [4.78, 5) is 28.2. The van der Waals surface area contributed by atoms with Gasteiger partial charge < -0.3 is 9.84 Å². The molecule has 5 aromatic rings.